The first-order valence-corrected chi connectivity index (χ1v) is 15.6. The van der Waals surface area contributed by atoms with Crippen molar-refractivity contribution in [3.05, 3.63) is 35.7 Å². The van der Waals surface area contributed by atoms with Crippen LogP contribution in [0.15, 0.2) is 29.4 Å². The van der Waals surface area contributed by atoms with Gasteiger partial charge in [-0.25, -0.2) is 0 Å². The average Bonchev–Trinajstić information content (AvgIpc) is 3.29. The maximum absolute atomic E-state index is 12.9. The molecule has 2 aromatic rings. The summed E-state index contributed by atoms with van der Waals surface area (Å²) in [4.78, 5) is 12.9. The quantitative estimate of drug-likeness (QED) is 0.178. The summed E-state index contributed by atoms with van der Waals surface area (Å²) in [6.07, 6.45) is 7.69. The third kappa shape index (κ3) is 9.03. The Kier molecular flexibility index (Phi) is 12.0. The smallest absolute Gasteiger partial charge is 0.316 e. The maximum atomic E-state index is 12.9. The third-order valence-electron chi connectivity index (χ3n) is 7.84. The molecule has 0 amide bonds. The van der Waals surface area contributed by atoms with Gasteiger partial charge in [-0.3, -0.25) is 4.79 Å². The summed E-state index contributed by atoms with van der Waals surface area (Å²) in [5.41, 5.74) is 1.28. The zero-order valence-electron chi connectivity index (χ0n) is 24.6. The molecular formula is C31H49N3O3S. The largest absolute Gasteiger partial charge is 0.486 e. The van der Waals surface area contributed by atoms with E-state index in [1.165, 1.54) is 30.2 Å². The summed E-state index contributed by atoms with van der Waals surface area (Å²) in [5.74, 6) is 3.94. The molecule has 7 heteroatoms. The van der Waals surface area contributed by atoms with Crippen molar-refractivity contribution in [3.8, 4) is 5.75 Å². The van der Waals surface area contributed by atoms with Crippen LogP contribution in [-0.4, -0.2) is 32.6 Å². The van der Waals surface area contributed by atoms with Gasteiger partial charge < -0.3 is 14.0 Å². The van der Waals surface area contributed by atoms with E-state index in [1.54, 1.807) is 0 Å². The fraction of sp³-hybridized carbons (Fsp3) is 0.710. The van der Waals surface area contributed by atoms with Crippen LogP contribution in [0.25, 0.3) is 0 Å². The zero-order valence-corrected chi connectivity index (χ0v) is 25.4. The van der Waals surface area contributed by atoms with Gasteiger partial charge in [0.15, 0.2) is 11.0 Å². The van der Waals surface area contributed by atoms with Crippen LogP contribution in [0, 0.1) is 23.7 Å². The molecule has 1 fully saturated rings. The number of carbonyl (C=O) groups is 1. The standard InChI is InChI=1S/C31H49N3O3S/c1-8-25-13-15-26(16-14-25)36-19-29-32-33-31(34(29)24(7)11-9-10-21(2)3)38-20-30(35)37-28-18-23(6)12-17-27(28)22(4)5/h13-16,21-24,27-28H,8-12,17-20H2,1-7H3/t23-,24-,27-,28-/m1/s1. The Morgan fingerprint density at radius 1 is 1.08 bits per heavy atom. The van der Waals surface area contributed by atoms with Crippen molar-refractivity contribution in [2.24, 2.45) is 23.7 Å². The van der Waals surface area contributed by atoms with Gasteiger partial charge in [-0.05, 0) is 74.0 Å². The van der Waals surface area contributed by atoms with Crippen LogP contribution < -0.4 is 4.74 Å². The van der Waals surface area contributed by atoms with Gasteiger partial charge in [0.25, 0.3) is 0 Å². The third-order valence-corrected chi connectivity index (χ3v) is 8.76. The van der Waals surface area contributed by atoms with Crippen LogP contribution in [0.3, 0.4) is 0 Å². The Bertz CT molecular complexity index is 989. The van der Waals surface area contributed by atoms with Crippen molar-refractivity contribution < 1.29 is 14.3 Å². The number of hydrogen-bond donors (Lipinski definition) is 0. The minimum absolute atomic E-state index is 0.0164. The second-order valence-corrected chi connectivity index (χ2v) is 12.8. The molecule has 0 spiro atoms. The van der Waals surface area contributed by atoms with E-state index >= 15 is 0 Å². The molecule has 0 aliphatic heterocycles. The lowest BCUT2D eigenvalue weighted by atomic mass is 9.75. The lowest BCUT2D eigenvalue weighted by molar-refractivity contribution is -0.152. The van der Waals surface area contributed by atoms with Crippen LogP contribution >= 0.6 is 11.8 Å². The van der Waals surface area contributed by atoms with Crippen LogP contribution in [0.5, 0.6) is 5.75 Å². The molecule has 0 bridgehead atoms. The van der Waals surface area contributed by atoms with Gasteiger partial charge in [-0.1, -0.05) is 84.7 Å². The molecule has 3 rings (SSSR count). The second kappa shape index (κ2) is 14.9. The summed E-state index contributed by atoms with van der Waals surface area (Å²) in [6, 6.07) is 8.42. The zero-order chi connectivity index (χ0) is 27.7. The number of aryl methyl sites for hydroxylation is 1. The van der Waals surface area contributed by atoms with Crippen molar-refractivity contribution in [1.29, 1.82) is 0 Å². The molecule has 1 saturated carbocycles. The number of rotatable bonds is 14. The first-order valence-electron chi connectivity index (χ1n) is 14.7. The number of hydrogen-bond acceptors (Lipinski definition) is 6. The Hall–Kier alpha value is -2.02. The monoisotopic (exact) mass is 543 g/mol. The van der Waals surface area contributed by atoms with E-state index < -0.39 is 0 Å². The molecule has 1 aromatic heterocycles. The topological polar surface area (TPSA) is 66.2 Å². The molecule has 0 saturated heterocycles. The average molecular weight is 544 g/mol. The summed E-state index contributed by atoms with van der Waals surface area (Å²) in [6.45, 7) is 16.0. The van der Waals surface area contributed by atoms with Crippen LogP contribution in [0.4, 0.5) is 0 Å². The molecule has 6 nitrogen and oxygen atoms in total. The summed E-state index contributed by atoms with van der Waals surface area (Å²) < 4.78 is 14.3. The van der Waals surface area contributed by atoms with Gasteiger partial charge in [-0.15, -0.1) is 10.2 Å². The lowest BCUT2D eigenvalue weighted by Crippen LogP contribution is -2.36. The van der Waals surface area contributed by atoms with Gasteiger partial charge in [0.05, 0.1) is 5.75 Å². The van der Waals surface area contributed by atoms with E-state index in [9.17, 15) is 4.79 Å². The van der Waals surface area contributed by atoms with Gasteiger partial charge in [0.1, 0.15) is 18.5 Å². The van der Waals surface area contributed by atoms with Gasteiger partial charge >= 0.3 is 5.97 Å². The highest BCUT2D eigenvalue weighted by Crippen LogP contribution is 2.36. The minimum Gasteiger partial charge on any atom is -0.486 e. The molecule has 1 aliphatic carbocycles. The molecule has 0 unspecified atom stereocenters. The van der Waals surface area contributed by atoms with E-state index in [4.69, 9.17) is 9.47 Å². The number of ether oxygens (including phenoxy) is 2. The Morgan fingerprint density at radius 2 is 1.82 bits per heavy atom. The van der Waals surface area contributed by atoms with Gasteiger partial charge in [0, 0.05) is 6.04 Å². The fourth-order valence-electron chi connectivity index (χ4n) is 5.44. The summed E-state index contributed by atoms with van der Waals surface area (Å²) in [5, 5.41) is 9.73. The molecule has 38 heavy (non-hydrogen) atoms. The Balaban J connectivity index is 1.67. The second-order valence-electron chi connectivity index (χ2n) is 11.9. The number of thioether (sulfide) groups is 1. The number of carbonyl (C=O) groups excluding carboxylic acids is 1. The Morgan fingerprint density at radius 3 is 2.47 bits per heavy atom. The molecule has 1 aliphatic rings. The first kappa shape index (κ1) is 30.5. The molecule has 0 N–H and O–H groups in total. The minimum atomic E-state index is -0.157. The molecular weight excluding hydrogens is 494 g/mol. The van der Waals surface area contributed by atoms with E-state index in [1.807, 2.05) is 12.1 Å². The number of aromatic nitrogens is 3. The Labute approximate surface area is 234 Å². The van der Waals surface area contributed by atoms with Crippen molar-refractivity contribution in [2.75, 3.05) is 5.75 Å². The summed E-state index contributed by atoms with van der Waals surface area (Å²) in [7, 11) is 0. The predicted octanol–water partition coefficient (Wildman–Crippen LogP) is 7.90. The van der Waals surface area contributed by atoms with Crippen LogP contribution in [0.1, 0.15) is 104 Å². The van der Waals surface area contributed by atoms with Crippen molar-refractivity contribution in [1.82, 2.24) is 14.8 Å². The number of esters is 1. The van der Waals surface area contributed by atoms with Crippen molar-refractivity contribution in [3.63, 3.8) is 0 Å². The normalized spacial score (nSPS) is 20.6. The predicted molar refractivity (Wildman–Crippen MR) is 156 cm³/mol. The lowest BCUT2D eigenvalue weighted by Gasteiger charge is -2.36. The highest BCUT2D eigenvalue weighted by Gasteiger charge is 2.33. The number of nitrogens with zero attached hydrogens (tertiary/aromatic N) is 3. The molecule has 1 heterocycles. The fourth-order valence-corrected chi connectivity index (χ4v) is 6.28. The number of benzene rings is 1. The van der Waals surface area contributed by atoms with Crippen molar-refractivity contribution >= 4 is 17.7 Å². The van der Waals surface area contributed by atoms with Gasteiger partial charge in [-0.2, -0.15) is 0 Å². The highest BCUT2D eigenvalue weighted by molar-refractivity contribution is 7.99. The SMILES string of the molecule is CCc1ccc(OCc2nnc(SCC(=O)O[C@@H]3C[C@H](C)CC[C@@H]3C(C)C)n2[C@H](C)CCCC(C)C)cc1. The van der Waals surface area contributed by atoms with E-state index in [0.717, 1.165) is 48.8 Å². The van der Waals surface area contributed by atoms with Crippen LogP contribution in [-0.2, 0) is 22.6 Å². The highest BCUT2D eigenvalue weighted by atomic mass is 32.2. The molecule has 0 radical (unpaired) electrons. The first-order chi connectivity index (χ1) is 18.2. The summed E-state index contributed by atoms with van der Waals surface area (Å²) >= 11 is 1.43. The van der Waals surface area contributed by atoms with Crippen LogP contribution in [0.2, 0.25) is 0 Å². The van der Waals surface area contributed by atoms with E-state index in [2.05, 4.69) is 75.4 Å². The van der Waals surface area contributed by atoms with E-state index in [0.29, 0.717) is 30.3 Å². The van der Waals surface area contributed by atoms with E-state index in [-0.39, 0.29) is 23.9 Å². The maximum Gasteiger partial charge on any atom is 0.316 e. The van der Waals surface area contributed by atoms with Gasteiger partial charge in [0.2, 0.25) is 0 Å². The molecule has 212 valence electrons. The molecule has 4 atom stereocenters. The van der Waals surface area contributed by atoms with Crippen molar-refractivity contribution in [2.45, 2.75) is 117 Å². The molecule has 1 aromatic carbocycles.